The van der Waals surface area contributed by atoms with E-state index in [2.05, 4.69) is 36.3 Å². The molecule has 0 aliphatic rings. The highest BCUT2D eigenvalue weighted by atomic mass is 79.9. The van der Waals surface area contributed by atoms with Crippen molar-refractivity contribution in [3.63, 3.8) is 0 Å². The zero-order valence-electron chi connectivity index (χ0n) is 14.9. The minimum absolute atomic E-state index is 0.152. The van der Waals surface area contributed by atoms with Crippen molar-refractivity contribution in [1.82, 2.24) is 4.57 Å². The Labute approximate surface area is 189 Å². The van der Waals surface area contributed by atoms with Gasteiger partial charge in [-0.2, -0.15) is 8.42 Å². The molecule has 4 aromatic rings. The van der Waals surface area contributed by atoms with Crippen LogP contribution in [0.2, 0.25) is 0 Å². The Kier molecular flexibility index (Phi) is 5.87. The summed E-state index contributed by atoms with van der Waals surface area (Å²) in [4.78, 5) is 0.538. The molecule has 146 valence electrons. The molecule has 1 aromatic heterocycles. The summed E-state index contributed by atoms with van der Waals surface area (Å²) in [5.41, 5.74) is 2.69. The van der Waals surface area contributed by atoms with Gasteiger partial charge in [-0.05, 0) is 54.1 Å². The van der Waals surface area contributed by atoms with Crippen molar-refractivity contribution in [3.8, 4) is 16.9 Å². The molecule has 0 saturated heterocycles. The second-order valence-corrected chi connectivity index (χ2v) is 10.4. The first kappa shape index (κ1) is 20.3. The first-order valence-corrected chi connectivity index (χ1v) is 12.4. The molecule has 0 fully saturated rings. The Hall–Kier alpha value is -2.00. The van der Waals surface area contributed by atoms with Crippen LogP contribution in [-0.4, -0.2) is 13.0 Å². The van der Waals surface area contributed by atoms with Gasteiger partial charge in [-0.3, -0.25) is 4.57 Å². The van der Waals surface area contributed by atoms with Crippen LogP contribution in [0.1, 0.15) is 0 Å². The maximum Gasteiger partial charge on any atom is 0.285 e. The topological polar surface area (TPSA) is 51.4 Å². The van der Waals surface area contributed by atoms with Gasteiger partial charge >= 0.3 is 0 Å². The Morgan fingerprint density at radius 1 is 0.793 bits per heavy atom. The molecule has 4 rings (SSSR count). The molecule has 8 heteroatoms. The predicted molar refractivity (Wildman–Crippen MR) is 124 cm³/mol. The number of benzene rings is 3. The number of aromatic nitrogens is 1. The first-order chi connectivity index (χ1) is 13.9. The average Bonchev–Trinajstić information content (AvgIpc) is 3.12. The zero-order chi connectivity index (χ0) is 20.4. The lowest BCUT2D eigenvalue weighted by Crippen LogP contribution is -2.16. The van der Waals surface area contributed by atoms with Crippen LogP contribution in [0, 0.1) is 0 Å². The monoisotopic (exact) mass is 548 g/mol. The fourth-order valence-corrected chi connectivity index (χ4v) is 5.42. The standard InChI is InChI=1S/C21H14Br2N2O2S2/c22-16-8-6-15(7-9-16)20-14-28-21(25(20)18-4-2-1-3-5-18)24-29(26,27)19-12-10-17(23)11-13-19/h1-14H. The quantitative estimate of drug-likeness (QED) is 0.312. The van der Waals surface area contributed by atoms with Crippen LogP contribution >= 0.6 is 43.2 Å². The molecule has 1 heterocycles. The van der Waals surface area contributed by atoms with Gasteiger partial charge in [0.05, 0.1) is 10.6 Å². The molecule has 0 radical (unpaired) electrons. The second kappa shape index (κ2) is 8.39. The van der Waals surface area contributed by atoms with E-state index < -0.39 is 10.0 Å². The first-order valence-electron chi connectivity index (χ1n) is 8.52. The van der Waals surface area contributed by atoms with Crippen LogP contribution in [-0.2, 0) is 10.0 Å². The molecular formula is C21H14Br2N2O2S2. The number of hydrogen-bond acceptors (Lipinski definition) is 3. The molecule has 0 aliphatic carbocycles. The third-order valence-electron chi connectivity index (χ3n) is 4.17. The summed E-state index contributed by atoms with van der Waals surface area (Å²) in [6.45, 7) is 0. The van der Waals surface area contributed by atoms with Crippen molar-refractivity contribution in [2.75, 3.05) is 0 Å². The van der Waals surface area contributed by atoms with E-state index in [4.69, 9.17) is 0 Å². The number of nitrogens with zero attached hydrogens (tertiary/aromatic N) is 2. The van der Waals surface area contributed by atoms with E-state index in [-0.39, 0.29) is 4.90 Å². The SMILES string of the molecule is O=S(=O)(N=c1scc(-c2ccc(Br)cc2)n1-c1ccccc1)c1ccc(Br)cc1. The van der Waals surface area contributed by atoms with Crippen LogP contribution in [0.25, 0.3) is 16.9 Å². The van der Waals surface area contributed by atoms with Crippen LogP contribution in [0.3, 0.4) is 0 Å². The Balaban J connectivity index is 1.93. The summed E-state index contributed by atoms with van der Waals surface area (Å²) in [6, 6.07) is 24.0. The fourth-order valence-electron chi connectivity index (χ4n) is 2.79. The van der Waals surface area contributed by atoms with Crippen molar-refractivity contribution >= 4 is 53.2 Å². The van der Waals surface area contributed by atoms with Crippen LogP contribution in [0.4, 0.5) is 0 Å². The third kappa shape index (κ3) is 4.45. The minimum Gasteiger partial charge on any atom is -0.284 e. The van der Waals surface area contributed by atoms with Gasteiger partial charge in [0.1, 0.15) is 0 Å². The number of rotatable bonds is 4. The summed E-state index contributed by atoms with van der Waals surface area (Å²) < 4.78 is 33.6. The van der Waals surface area contributed by atoms with Gasteiger partial charge in [0.2, 0.25) is 4.80 Å². The van der Waals surface area contributed by atoms with Crippen molar-refractivity contribution in [2.24, 2.45) is 4.40 Å². The molecule has 4 nitrogen and oxygen atoms in total. The van der Waals surface area contributed by atoms with E-state index in [1.165, 1.54) is 11.3 Å². The molecule has 0 amide bonds. The molecule has 0 atom stereocenters. The predicted octanol–water partition coefficient (Wildman–Crippen LogP) is 6.02. The van der Waals surface area contributed by atoms with Gasteiger partial charge in [0.25, 0.3) is 10.0 Å². The van der Waals surface area contributed by atoms with Gasteiger partial charge in [-0.1, -0.05) is 62.2 Å². The number of sulfonamides is 1. The van der Waals surface area contributed by atoms with Gasteiger partial charge < -0.3 is 0 Å². The Bertz CT molecular complexity index is 1310. The summed E-state index contributed by atoms with van der Waals surface area (Å²) in [5, 5.41) is 1.92. The fraction of sp³-hybridized carbons (Fsp3) is 0. The molecule has 0 spiro atoms. The maximum atomic E-state index is 12.9. The summed E-state index contributed by atoms with van der Waals surface area (Å²) in [5.74, 6) is 0. The smallest absolute Gasteiger partial charge is 0.284 e. The Morgan fingerprint density at radius 2 is 1.38 bits per heavy atom. The van der Waals surface area contributed by atoms with Crippen molar-refractivity contribution < 1.29 is 8.42 Å². The van der Waals surface area contributed by atoms with Gasteiger partial charge in [0.15, 0.2) is 0 Å². The Morgan fingerprint density at radius 3 is 2.00 bits per heavy atom. The number of hydrogen-bond donors (Lipinski definition) is 0. The maximum absolute atomic E-state index is 12.9. The summed E-state index contributed by atoms with van der Waals surface area (Å²) >= 11 is 8.07. The molecule has 0 N–H and O–H groups in total. The molecule has 0 unspecified atom stereocenters. The van der Waals surface area contributed by atoms with Crippen molar-refractivity contribution in [1.29, 1.82) is 0 Å². The van der Waals surface area contributed by atoms with Gasteiger partial charge in [0, 0.05) is 20.0 Å². The lowest BCUT2D eigenvalue weighted by Gasteiger charge is -2.09. The van der Waals surface area contributed by atoms with E-state index in [1.807, 2.05) is 64.5 Å². The largest absolute Gasteiger partial charge is 0.285 e. The van der Waals surface area contributed by atoms with Crippen LogP contribution in [0.5, 0.6) is 0 Å². The van der Waals surface area contributed by atoms with E-state index in [0.29, 0.717) is 4.80 Å². The van der Waals surface area contributed by atoms with Gasteiger partial charge in [-0.25, -0.2) is 0 Å². The highest BCUT2D eigenvalue weighted by Crippen LogP contribution is 2.25. The van der Waals surface area contributed by atoms with E-state index >= 15 is 0 Å². The van der Waals surface area contributed by atoms with Crippen LogP contribution in [0.15, 0.2) is 102 Å². The number of thiazole rings is 1. The average molecular weight is 550 g/mol. The van der Waals surface area contributed by atoms with E-state index in [1.54, 1.807) is 24.3 Å². The summed E-state index contributed by atoms with van der Waals surface area (Å²) in [6.07, 6.45) is 0. The molecule has 0 aliphatic heterocycles. The highest BCUT2D eigenvalue weighted by molar-refractivity contribution is 9.10. The number of para-hydroxylation sites is 1. The lowest BCUT2D eigenvalue weighted by atomic mass is 10.1. The van der Waals surface area contributed by atoms with Crippen molar-refractivity contribution in [2.45, 2.75) is 4.90 Å². The van der Waals surface area contributed by atoms with Crippen LogP contribution < -0.4 is 4.80 Å². The molecular weight excluding hydrogens is 536 g/mol. The molecule has 29 heavy (non-hydrogen) atoms. The van der Waals surface area contributed by atoms with Gasteiger partial charge in [-0.15, -0.1) is 15.7 Å². The lowest BCUT2D eigenvalue weighted by molar-refractivity contribution is 0.596. The summed E-state index contributed by atoms with van der Waals surface area (Å²) in [7, 11) is -3.85. The highest BCUT2D eigenvalue weighted by Gasteiger charge is 2.16. The molecule has 0 saturated carbocycles. The molecule has 0 bridgehead atoms. The number of halogens is 2. The van der Waals surface area contributed by atoms with E-state index in [0.717, 1.165) is 25.9 Å². The van der Waals surface area contributed by atoms with E-state index in [9.17, 15) is 8.42 Å². The van der Waals surface area contributed by atoms with Crippen molar-refractivity contribution in [3.05, 3.63) is 98.0 Å². The normalized spacial score (nSPS) is 12.3. The second-order valence-electron chi connectivity index (χ2n) is 6.10. The molecule has 3 aromatic carbocycles. The zero-order valence-corrected chi connectivity index (χ0v) is 19.7. The third-order valence-corrected chi connectivity index (χ3v) is 7.45. The minimum atomic E-state index is -3.85.